The SMILES string of the molecule is NC(=O)Oc1ncc(Cl)c2nc[nH]c12. The van der Waals surface area contributed by atoms with Crippen molar-refractivity contribution in [1.82, 2.24) is 15.0 Å². The standard InChI is InChI=1S/C7H5ClN4O2/c8-3-1-10-6(14-7(9)13)5-4(3)11-2-12-5/h1-2H,(H2,9,13)(H,11,12). The number of carbonyl (C=O) groups excluding carboxylic acids is 1. The Kier molecular flexibility index (Phi) is 1.97. The molecule has 7 heteroatoms. The largest absolute Gasteiger partial charge is 0.411 e. The fourth-order valence-corrected chi connectivity index (χ4v) is 1.24. The average Bonchev–Trinajstić information content (AvgIpc) is 2.58. The molecule has 0 unspecified atom stereocenters. The summed E-state index contributed by atoms with van der Waals surface area (Å²) in [5, 5.41) is 0.373. The van der Waals surface area contributed by atoms with Gasteiger partial charge in [-0.2, -0.15) is 0 Å². The van der Waals surface area contributed by atoms with Gasteiger partial charge in [0.05, 0.1) is 17.5 Å². The second-order valence-electron chi connectivity index (χ2n) is 2.46. The Morgan fingerprint density at radius 3 is 3.07 bits per heavy atom. The van der Waals surface area contributed by atoms with Crippen LogP contribution >= 0.6 is 11.6 Å². The summed E-state index contributed by atoms with van der Waals surface area (Å²) in [6, 6.07) is 0. The van der Waals surface area contributed by atoms with E-state index in [0.29, 0.717) is 16.1 Å². The monoisotopic (exact) mass is 212 g/mol. The highest BCUT2D eigenvalue weighted by Crippen LogP contribution is 2.25. The van der Waals surface area contributed by atoms with Gasteiger partial charge in [-0.15, -0.1) is 0 Å². The first-order chi connectivity index (χ1) is 6.68. The Bertz CT molecular complexity index is 495. The van der Waals surface area contributed by atoms with Gasteiger partial charge < -0.3 is 15.5 Å². The number of hydrogen-bond donors (Lipinski definition) is 2. The number of halogens is 1. The van der Waals surface area contributed by atoms with Gasteiger partial charge in [0.1, 0.15) is 11.0 Å². The summed E-state index contributed by atoms with van der Waals surface area (Å²) in [5.74, 6) is 0.0643. The number of nitrogens with zero attached hydrogens (tertiary/aromatic N) is 2. The third-order valence-electron chi connectivity index (χ3n) is 1.57. The zero-order chi connectivity index (χ0) is 10.1. The van der Waals surface area contributed by atoms with E-state index in [0.717, 1.165) is 0 Å². The maximum absolute atomic E-state index is 10.5. The van der Waals surface area contributed by atoms with Gasteiger partial charge in [0.15, 0.2) is 0 Å². The molecule has 0 radical (unpaired) electrons. The molecule has 72 valence electrons. The lowest BCUT2D eigenvalue weighted by Crippen LogP contribution is -2.17. The Labute approximate surface area is 83.0 Å². The van der Waals surface area contributed by atoms with E-state index in [1.54, 1.807) is 0 Å². The number of hydrogen-bond acceptors (Lipinski definition) is 4. The quantitative estimate of drug-likeness (QED) is 0.739. The summed E-state index contributed by atoms with van der Waals surface area (Å²) in [6.45, 7) is 0. The predicted octanol–water partition coefficient (Wildman–Crippen LogP) is 1.07. The molecule has 0 aromatic carbocycles. The molecule has 2 aromatic rings. The van der Waals surface area contributed by atoms with Crippen molar-refractivity contribution in [3.63, 3.8) is 0 Å². The van der Waals surface area contributed by atoms with Crippen LogP contribution in [-0.2, 0) is 0 Å². The molecular weight excluding hydrogens is 208 g/mol. The number of pyridine rings is 1. The van der Waals surface area contributed by atoms with E-state index >= 15 is 0 Å². The van der Waals surface area contributed by atoms with E-state index in [9.17, 15) is 4.79 Å². The molecular formula is C7H5ClN4O2. The first kappa shape index (κ1) is 8.76. The Hall–Kier alpha value is -1.82. The van der Waals surface area contributed by atoms with E-state index in [4.69, 9.17) is 17.3 Å². The molecule has 2 rings (SSSR count). The van der Waals surface area contributed by atoms with Crippen molar-refractivity contribution in [3.8, 4) is 5.88 Å². The second-order valence-corrected chi connectivity index (χ2v) is 2.87. The summed E-state index contributed by atoms with van der Waals surface area (Å²) in [5.41, 5.74) is 5.78. The molecule has 0 aliphatic rings. The summed E-state index contributed by atoms with van der Waals surface area (Å²) >= 11 is 5.79. The van der Waals surface area contributed by atoms with Gasteiger partial charge in [-0.1, -0.05) is 11.6 Å². The molecule has 0 atom stereocenters. The molecule has 0 spiro atoms. The summed E-state index contributed by atoms with van der Waals surface area (Å²) < 4.78 is 4.64. The van der Waals surface area contributed by atoms with Crippen LogP contribution in [0.1, 0.15) is 0 Å². The van der Waals surface area contributed by atoms with Crippen molar-refractivity contribution >= 4 is 28.7 Å². The van der Waals surface area contributed by atoms with Gasteiger partial charge >= 0.3 is 6.09 Å². The van der Waals surface area contributed by atoms with Crippen LogP contribution in [0.2, 0.25) is 5.02 Å². The minimum Gasteiger partial charge on any atom is -0.389 e. The number of amides is 1. The topological polar surface area (TPSA) is 93.9 Å². The molecule has 14 heavy (non-hydrogen) atoms. The number of rotatable bonds is 1. The molecule has 3 N–H and O–H groups in total. The molecule has 1 amide bonds. The molecule has 6 nitrogen and oxygen atoms in total. The highest BCUT2D eigenvalue weighted by molar-refractivity contribution is 6.34. The summed E-state index contributed by atoms with van der Waals surface area (Å²) in [7, 11) is 0. The molecule has 2 aromatic heterocycles. The zero-order valence-electron chi connectivity index (χ0n) is 6.82. The predicted molar refractivity (Wildman–Crippen MR) is 49.1 cm³/mol. The number of H-pyrrole nitrogens is 1. The van der Waals surface area contributed by atoms with Crippen LogP contribution in [0.3, 0.4) is 0 Å². The third-order valence-corrected chi connectivity index (χ3v) is 1.85. The Balaban J connectivity index is 2.60. The van der Waals surface area contributed by atoms with Gasteiger partial charge in [0.2, 0.25) is 0 Å². The lowest BCUT2D eigenvalue weighted by atomic mass is 10.4. The Morgan fingerprint density at radius 2 is 2.36 bits per heavy atom. The van der Waals surface area contributed by atoms with Crippen LogP contribution in [0, 0.1) is 0 Å². The third kappa shape index (κ3) is 1.35. The number of fused-ring (bicyclic) bond motifs is 1. The number of nitrogens with two attached hydrogens (primary N) is 1. The van der Waals surface area contributed by atoms with Crippen molar-refractivity contribution < 1.29 is 9.53 Å². The number of carbonyl (C=O) groups is 1. The summed E-state index contributed by atoms with van der Waals surface area (Å²) in [4.78, 5) is 21.0. The fourth-order valence-electron chi connectivity index (χ4n) is 1.05. The number of imidazole rings is 1. The van der Waals surface area contributed by atoms with Gasteiger partial charge in [-0.25, -0.2) is 14.8 Å². The smallest absolute Gasteiger partial charge is 0.389 e. The van der Waals surface area contributed by atoms with E-state index in [1.807, 2.05) is 0 Å². The van der Waals surface area contributed by atoms with Crippen molar-refractivity contribution in [1.29, 1.82) is 0 Å². The highest BCUT2D eigenvalue weighted by atomic mass is 35.5. The van der Waals surface area contributed by atoms with Gasteiger partial charge in [0.25, 0.3) is 5.88 Å². The minimum absolute atomic E-state index is 0.0643. The van der Waals surface area contributed by atoms with Gasteiger partial charge in [-0.05, 0) is 0 Å². The number of primary amides is 1. The lowest BCUT2D eigenvalue weighted by Gasteiger charge is -2.00. The van der Waals surface area contributed by atoms with Crippen LogP contribution in [0.4, 0.5) is 4.79 Å². The maximum atomic E-state index is 10.5. The summed E-state index contributed by atoms with van der Waals surface area (Å²) in [6.07, 6.45) is 1.82. The van der Waals surface area contributed by atoms with Crippen molar-refractivity contribution in [3.05, 3.63) is 17.5 Å². The van der Waals surface area contributed by atoms with Crippen molar-refractivity contribution in [2.45, 2.75) is 0 Å². The first-order valence-electron chi connectivity index (χ1n) is 3.63. The van der Waals surface area contributed by atoms with Crippen molar-refractivity contribution in [2.75, 3.05) is 0 Å². The van der Waals surface area contributed by atoms with Gasteiger partial charge in [0, 0.05) is 0 Å². The number of nitrogens with one attached hydrogen (secondary N) is 1. The van der Waals surface area contributed by atoms with E-state index in [-0.39, 0.29) is 5.88 Å². The van der Waals surface area contributed by atoms with E-state index in [2.05, 4.69) is 19.7 Å². The molecule has 0 fully saturated rings. The zero-order valence-corrected chi connectivity index (χ0v) is 7.58. The van der Waals surface area contributed by atoms with E-state index < -0.39 is 6.09 Å². The first-order valence-corrected chi connectivity index (χ1v) is 4.01. The molecule has 0 saturated heterocycles. The lowest BCUT2D eigenvalue weighted by molar-refractivity contribution is 0.209. The molecule has 0 saturated carbocycles. The number of aromatic amines is 1. The van der Waals surface area contributed by atoms with E-state index in [1.165, 1.54) is 12.5 Å². The highest BCUT2D eigenvalue weighted by Gasteiger charge is 2.11. The molecule has 0 aliphatic heterocycles. The average molecular weight is 213 g/mol. The van der Waals surface area contributed by atoms with Crippen LogP contribution in [-0.4, -0.2) is 21.0 Å². The van der Waals surface area contributed by atoms with Crippen molar-refractivity contribution in [2.24, 2.45) is 5.73 Å². The minimum atomic E-state index is -0.935. The normalized spacial score (nSPS) is 10.4. The number of ether oxygens (including phenoxy) is 1. The van der Waals surface area contributed by atoms with Crippen LogP contribution in [0.25, 0.3) is 11.0 Å². The number of aromatic nitrogens is 3. The van der Waals surface area contributed by atoms with Crippen LogP contribution in [0.5, 0.6) is 5.88 Å². The molecule has 0 aliphatic carbocycles. The Morgan fingerprint density at radius 1 is 1.57 bits per heavy atom. The van der Waals surface area contributed by atoms with Crippen LogP contribution in [0.15, 0.2) is 12.5 Å². The molecule has 0 bridgehead atoms. The van der Waals surface area contributed by atoms with Gasteiger partial charge in [-0.3, -0.25) is 0 Å². The second kappa shape index (κ2) is 3.15. The van der Waals surface area contributed by atoms with Crippen LogP contribution < -0.4 is 10.5 Å². The molecule has 2 heterocycles. The maximum Gasteiger partial charge on any atom is 0.411 e. The fraction of sp³-hybridized carbons (Fsp3) is 0.